The third kappa shape index (κ3) is 17.2. The van der Waals surface area contributed by atoms with Crippen molar-refractivity contribution < 1.29 is 11.0 Å². The van der Waals surface area contributed by atoms with Gasteiger partial charge in [0.2, 0.25) is 0 Å². The first kappa shape index (κ1) is 148. The molecule has 0 heterocycles. The number of rotatable bonds is 0. The molecule has 0 saturated carbocycles. The molecule has 0 radical (unpaired) electrons. The molecule has 0 aromatic carbocycles. The Morgan fingerprint density at radius 3 is 0.750 bits per heavy atom. The zero-order valence-electron chi connectivity index (χ0n) is 2.31. The maximum atomic E-state index is 0. The van der Waals surface area contributed by atoms with Crippen molar-refractivity contribution in [1.29, 1.82) is 0 Å². The van der Waals surface area contributed by atoms with E-state index in [0.717, 1.165) is 0 Å². The summed E-state index contributed by atoms with van der Waals surface area (Å²) in [5, 5.41) is 0. The zero-order valence-corrected chi connectivity index (χ0v) is 3.72. The van der Waals surface area contributed by atoms with Crippen molar-refractivity contribution in [2.24, 2.45) is 0 Å². The molecule has 0 spiro atoms. The summed E-state index contributed by atoms with van der Waals surface area (Å²) in [6, 6.07) is 0. The predicted molar refractivity (Wildman–Crippen MR) is 14.6 cm³/mol. The van der Waals surface area contributed by atoms with Crippen LogP contribution in [0.15, 0.2) is 0 Å². The molecule has 0 aliphatic rings. The molecule has 5 N–H and O–H groups in total. The minimum absolute atomic E-state index is 0. The molecule has 0 atom stereocenters. The standard InChI is InChI=1S/Mg.H3N.2H2O/h;1H3;2*1H2/q+2;;;/p-2. The van der Waals surface area contributed by atoms with E-state index in [1.54, 1.807) is 0 Å². The van der Waals surface area contributed by atoms with Crippen LogP contribution in [0.2, 0.25) is 0 Å². The van der Waals surface area contributed by atoms with Crippen molar-refractivity contribution in [1.82, 2.24) is 6.15 Å². The quantitative estimate of drug-likeness (QED) is 0.390. The van der Waals surface area contributed by atoms with E-state index in [2.05, 4.69) is 0 Å². The van der Waals surface area contributed by atoms with Crippen LogP contribution in [0.3, 0.4) is 0 Å². The smallest absolute Gasteiger partial charge is 0.870 e. The van der Waals surface area contributed by atoms with Gasteiger partial charge in [0.1, 0.15) is 0 Å². The Kier molecular flexibility index (Phi) is 2260. The first-order chi connectivity index (χ1) is 0. The molecule has 0 aliphatic heterocycles. The van der Waals surface area contributed by atoms with Crippen molar-refractivity contribution >= 4 is 23.1 Å². The molecule has 0 aromatic heterocycles. The van der Waals surface area contributed by atoms with Gasteiger partial charge in [-0.3, -0.25) is 0 Å². The molecular formula is H5MgNO2. The second-order valence-corrected chi connectivity index (χ2v) is 0. The molecule has 0 fully saturated rings. The summed E-state index contributed by atoms with van der Waals surface area (Å²) in [5.41, 5.74) is 0. The largest absolute Gasteiger partial charge is 2.00 e. The fourth-order valence-corrected chi connectivity index (χ4v) is 0. The summed E-state index contributed by atoms with van der Waals surface area (Å²) >= 11 is 0. The van der Waals surface area contributed by atoms with E-state index in [9.17, 15) is 0 Å². The SMILES string of the molecule is N.[Mg+2].[OH-].[OH-]. The molecule has 0 rings (SSSR count). The molecule has 0 aromatic rings. The minimum Gasteiger partial charge on any atom is -0.870 e. The molecule has 4 heavy (non-hydrogen) atoms. The van der Waals surface area contributed by atoms with Gasteiger partial charge in [-0.25, -0.2) is 0 Å². The van der Waals surface area contributed by atoms with Gasteiger partial charge in [-0.15, -0.1) is 0 Å². The zero-order chi connectivity index (χ0) is 0. The van der Waals surface area contributed by atoms with Crippen LogP contribution in [0, 0.1) is 0 Å². The van der Waals surface area contributed by atoms with Gasteiger partial charge in [0.05, 0.1) is 0 Å². The summed E-state index contributed by atoms with van der Waals surface area (Å²) in [4.78, 5) is 0. The average molecular weight is 75.3 g/mol. The molecule has 0 aliphatic carbocycles. The van der Waals surface area contributed by atoms with Crippen molar-refractivity contribution in [3.8, 4) is 0 Å². The van der Waals surface area contributed by atoms with E-state index in [1.807, 2.05) is 0 Å². The summed E-state index contributed by atoms with van der Waals surface area (Å²) in [6.07, 6.45) is 0. The maximum absolute atomic E-state index is 0. The Bertz CT molecular complexity index is 6.00. The van der Waals surface area contributed by atoms with Crippen LogP contribution < -0.4 is 6.15 Å². The van der Waals surface area contributed by atoms with E-state index in [-0.39, 0.29) is 40.2 Å². The third-order valence-corrected chi connectivity index (χ3v) is 0. The van der Waals surface area contributed by atoms with Crippen LogP contribution in [-0.4, -0.2) is 34.0 Å². The third-order valence-electron chi connectivity index (χ3n) is 0. The Balaban J connectivity index is 0. The van der Waals surface area contributed by atoms with Crippen LogP contribution in [-0.2, 0) is 0 Å². The Labute approximate surface area is 40.7 Å². The van der Waals surface area contributed by atoms with Crippen LogP contribution >= 0.6 is 0 Å². The Hall–Kier alpha value is 0.646. The summed E-state index contributed by atoms with van der Waals surface area (Å²) in [6.45, 7) is 0. The van der Waals surface area contributed by atoms with E-state index in [4.69, 9.17) is 0 Å². The summed E-state index contributed by atoms with van der Waals surface area (Å²) in [7, 11) is 0. The van der Waals surface area contributed by atoms with Gasteiger partial charge in [-0.2, -0.15) is 0 Å². The fraction of sp³-hybridized carbons (Fsp3) is 0. The van der Waals surface area contributed by atoms with Crippen LogP contribution in [0.1, 0.15) is 0 Å². The molecule has 0 saturated heterocycles. The second kappa shape index (κ2) is 61.1. The Morgan fingerprint density at radius 1 is 0.750 bits per heavy atom. The second-order valence-electron chi connectivity index (χ2n) is 0. The van der Waals surface area contributed by atoms with Gasteiger partial charge >= 0.3 is 23.1 Å². The molecular weight excluding hydrogens is 70.3 g/mol. The fourth-order valence-electron chi connectivity index (χ4n) is 0. The van der Waals surface area contributed by atoms with E-state index < -0.39 is 0 Å². The molecule has 4 heteroatoms. The maximum Gasteiger partial charge on any atom is 2.00 e. The average Bonchev–Trinajstić information content (AvgIpc) is 0. The summed E-state index contributed by atoms with van der Waals surface area (Å²) < 4.78 is 0. The predicted octanol–water partition coefficient (Wildman–Crippen LogP) is -0.572. The van der Waals surface area contributed by atoms with E-state index in [0.29, 0.717) is 0 Å². The van der Waals surface area contributed by atoms with Crippen molar-refractivity contribution in [3.05, 3.63) is 0 Å². The van der Waals surface area contributed by atoms with Crippen molar-refractivity contribution in [3.63, 3.8) is 0 Å². The van der Waals surface area contributed by atoms with Crippen molar-refractivity contribution in [2.45, 2.75) is 0 Å². The van der Waals surface area contributed by atoms with Crippen LogP contribution in [0.25, 0.3) is 0 Å². The van der Waals surface area contributed by atoms with E-state index >= 15 is 0 Å². The molecule has 0 unspecified atom stereocenters. The molecule has 3 nitrogen and oxygen atoms in total. The Morgan fingerprint density at radius 2 is 0.750 bits per heavy atom. The van der Waals surface area contributed by atoms with Gasteiger partial charge in [-0.05, 0) is 0 Å². The minimum atomic E-state index is 0. The van der Waals surface area contributed by atoms with Crippen LogP contribution in [0.5, 0.6) is 0 Å². The molecule has 0 amide bonds. The topological polar surface area (TPSA) is 95.0 Å². The molecule has 0 bridgehead atoms. The van der Waals surface area contributed by atoms with Gasteiger partial charge in [0, 0.05) is 0 Å². The summed E-state index contributed by atoms with van der Waals surface area (Å²) in [5.74, 6) is 0. The van der Waals surface area contributed by atoms with Crippen LogP contribution in [0.4, 0.5) is 0 Å². The number of hydrogen-bond acceptors (Lipinski definition) is 3. The van der Waals surface area contributed by atoms with Gasteiger partial charge in [0.15, 0.2) is 0 Å². The molecule has 24 valence electrons. The first-order valence-corrected chi connectivity index (χ1v) is 0. The number of hydrogen-bond donors (Lipinski definition) is 1. The van der Waals surface area contributed by atoms with Crippen molar-refractivity contribution in [2.75, 3.05) is 0 Å². The van der Waals surface area contributed by atoms with E-state index in [1.165, 1.54) is 0 Å². The normalized spacial score (nSPS) is 0. The van der Waals surface area contributed by atoms with Gasteiger partial charge < -0.3 is 17.1 Å². The first-order valence-electron chi connectivity index (χ1n) is 0. The van der Waals surface area contributed by atoms with Gasteiger partial charge in [-0.1, -0.05) is 0 Å². The monoisotopic (exact) mass is 75.0 g/mol. The van der Waals surface area contributed by atoms with Gasteiger partial charge in [0.25, 0.3) is 0 Å².